The summed E-state index contributed by atoms with van der Waals surface area (Å²) in [5, 5.41) is 9.39. The second-order valence-electron chi connectivity index (χ2n) is 36.6. The van der Waals surface area contributed by atoms with Gasteiger partial charge in [0.15, 0.2) is 0 Å². The molecule has 0 heterocycles. The molecule has 0 aromatic carbocycles. The topological polar surface area (TPSA) is 106 Å². The zero-order chi connectivity index (χ0) is 77.8. The SMILES string of the molecule is CC(C)C(=O)CC(C)C(C)C.CC(C)CC(=O)C(C)C.CC(C)CC(=O)C(C)C.CC(C)CC(C)C(C)C.CC(C)CC(C)C(C)C.CC(C)CC(O)CC(C)C.CC(C)CCC(=O)C(C)C.CC(C)CCC(C)C.CC(C)CCCC(=O)C(C)C.CC(C)CCCC(C)C. The summed E-state index contributed by atoms with van der Waals surface area (Å²) in [6.07, 6.45) is 18.6. The highest BCUT2D eigenvalue weighted by atomic mass is 16.3. The first-order valence-corrected chi connectivity index (χ1v) is 40.3. The Bertz CT molecular complexity index is 1540. The molecule has 95 heavy (non-hydrogen) atoms. The summed E-state index contributed by atoms with van der Waals surface area (Å²) in [5.74, 6) is 16.6. The molecule has 0 aromatic rings. The second-order valence-corrected chi connectivity index (χ2v) is 36.6. The largest absolute Gasteiger partial charge is 0.393 e. The number of aliphatic hydroxyl groups excluding tert-OH is 1. The van der Waals surface area contributed by atoms with Crippen molar-refractivity contribution in [3.05, 3.63) is 0 Å². The van der Waals surface area contributed by atoms with E-state index >= 15 is 0 Å². The van der Waals surface area contributed by atoms with Crippen molar-refractivity contribution in [2.24, 2.45) is 136 Å². The number of carbonyl (C=O) groups is 5. The third kappa shape index (κ3) is 117. The third-order valence-electron chi connectivity index (χ3n) is 16.6. The van der Waals surface area contributed by atoms with Gasteiger partial charge in [0.1, 0.15) is 28.9 Å². The smallest absolute Gasteiger partial charge is 0.135 e. The summed E-state index contributed by atoms with van der Waals surface area (Å²) in [5.41, 5.74) is 0. The van der Waals surface area contributed by atoms with E-state index in [0.717, 1.165) is 123 Å². The van der Waals surface area contributed by atoms with Crippen LogP contribution < -0.4 is 0 Å². The predicted octanol–water partition coefficient (Wildman–Crippen LogP) is 28.7. The van der Waals surface area contributed by atoms with Crippen LogP contribution in [0.4, 0.5) is 0 Å². The lowest BCUT2D eigenvalue weighted by atomic mass is 9.90. The van der Waals surface area contributed by atoms with Gasteiger partial charge in [-0.2, -0.15) is 0 Å². The second kappa shape index (κ2) is 73.5. The highest BCUT2D eigenvalue weighted by Gasteiger charge is 2.16. The van der Waals surface area contributed by atoms with E-state index in [4.69, 9.17) is 0 Å². The zero-order valence-electron chi connectivity index (χ0n) is 73.9. The van der Waals surface area contributed by atoms with Crippen LogP contribution in [0.1, 0.15) is 407 Å². The first kappa shape index (κ1) is 115. The standard InChI is InChI=1S/2C10H20O.C9H20O.C9H18O.3C9H20.2C8H16O.C8H18/c1-7(2)9(5)6-10(11)8(3)4;1-8(2)6-5-7-10(11)9(3)4;1-7(2)5-9(10)6-8(3)4;1-7(2)5-6-9(10)8(3)4;2*1-7(2)6-9(5)8(3)4;1-8(2)6-5-7-9(3)4;2*1-6(2)5-8(9)7(3)4;1-7(2)5-6-8(3)4/h7-9H,6H2,1-5H3;8-9H,5-7H2,1-4H3;7-10H,5-6H2,1-4H3;7-8H,5-6H2,1-4H3;2*7-9H,6H2,1-5H3;8-9H,5-7H2,1-4H3;2*6-7H,5H2,1-4H3;7-8H,5-6H2,1-4H3. The van der Waals surface area contributed by atoms with Crippen LogP contribution in [0.3, 0.4) is 0 Å². The molecule has 0 aromatic heterocycles. The Hall–Kier alpha value is -1.69. The summed E-state index contributed by atoms with van der Waals surface area (Å²) >= 11 is 0. The van der Waals surface area contributed by atoms with Crippen LogP contribution in [0.2, 0.25) is 0 Å². The molecule has 0 amide bonds. The van der Waals surface area contributed by atoms with Crippen molar-refractivity contribution in [3.8, 4) is 0 Å². The number of Topliss-reactive ketones (excluding diaryl/α,β-unsaturated/α-hetero) is 5. The zero-order valence-corrected chi connectivity index (χ0v) is 73.9. The lowest BCUT2D eigenvalue weighted by molar-refractivity contribution is -0.123. The van der Waals surface area contributed by atoms with E-state index in [1.54, 1.807) is 0 Å². The van der Waals surface area contributed by atoms with Crippen molar-refractivity contribution in [3.63, 3.8) is 0 Å². The van der Waals surface area contributed by atoms with Gasteiger partial charge in [0.2, 0.25) is 0 Å². The third-order valence-corrected chi connectivity index (χ3v) is 16.6. The Balaban J connectivity index is -0.000000106. The molecule has 0 aliphatic carbocycles. The van der Waals surface area contributed by atoms with Crippen LogP contribution in [0.25, 0.3) is 0 Å². The molecule has 0 aliphatic rings. The Morgan fingerprint density at radius 1 is 0.211 bits per heavy atom. The Labute approximate surface area is 604 Å². The maximum absolute atomic E-state index is 11.3. The van der Waals surface area contributed by atoms with E-state index < -0.39 is 0 Å². The van der Waals surface area contributed by atoms with Crippen LogP contribution in [0.5, 0.6) is 0 Å². The maximum atomic E-state index is 11.3. The predicted molar refractivity (Wildman–Crippen MR) is 434 cm³/mol. The molecular formula is C89H188O6. The fourth-order valence-electron chi connectivity index (χ4n) is 8.57. The Morgan fingerprint density at radius 2 is 0.432 bits per heavy atom. The van der Waals surface area contributed by atoms with Crippen molar-refractivity contribution >= 4 is 28.9 Å². The molecule has 1 N–H and O–H groups in total. The Morgan fingerprint density at radius 3 is 0.611 bits per heavy atom. The van der Waals surface area contributed by atoms with Crippen LogP contribution in [0, 0.1) is 136 Å². The highest BCUT2D eigenvalue weighted by Crippen LogP contribution is 2.21. The van der Waals surface area contributed by atoms with Crippen LogP contribution >= 0.6 is 0 Å². The van der Waals surface area contributed by atoms with Crippen molar-refractivity contribution in [1.82, 2.24) is 0 Å². The molecule has 0 fully saturated rings. The molecule has 580 valence electrons. The number of aliphatic hydroxyl groups is 1. The fourth-order valence-corrected chi connectivity index (χ4v) is 8.57. The van der Waals surface area contributed by atoms with Gasteiger partial charge in [0, 0.05) is 61.7 Å². The van der Waals surface area contributed by atoms with E-state index in [-0.39, 0.29) is 35.7 Å². The number of rotatable bonds is 36. The first-order chi connectivity index (χ1) is 42.9. The van der Waals surface area contributed by atoms with Gasteiger partial charge in [-0.1, -0.05) is 336 Å². The molecule has 6 nitrogen and oxygen atoms in total. The number of ketones is 5. The molecule has 0 rings (SSSR count). The van der Waals surface area contributed by atoms with Gasteiger partial charge in [0.05, 0.1) is 6.10 Å². The van der Waals surface area contributed by atoms with Crippen molar-refractivity contribution in [2.75, 3.05) is 0 Å². The monoisotopic (exact) mass is 1350 g/mol. The number of hydrogen-bond acceptors (Lipinski definition) is 6. The van der Waals surface area contributed by atoms with Gasteiger partial charge in [-0.15, -0.1) is 0 Å². The van der Waals surface area contributed by atoms with E-state index in [9.17, 15) is 29.1 Å². The minimum atomic E-state index is -0.0833. The minimum absolute atomic E-state index is 0.0833. The van der Waals surface area contributed by atoms with Gasteiger partial charge >= 0.3 is 0 Å². The van der Waals surface area contributed by atoms with E-state index in [2.05, 4.69) is 228 Å². The van der Waals surface area contributed by atoms with E-state index in [1.165, 1.54) is 51.4 Å². The van der Waals surface area contributed by atoms with Crippen molar-refractivity contribution in [2.45, 2.75) is 413 Å². The summed E-state index contributed by atoms with van der Waals surface area (Å²) < 4.78 is 0. The molecule has 3 unspecified atom stereocenters. The van der Waals surface area contributed by atoms with Crippen molar-refractivity contribution in [1.29, 1.82) is 0 Å². The molecule has 0 bridgehead atoms. The fraction of sp³-hybridized carbons (Fsp3) is 0.944. The normalized spacial score (nSPS) is 12.3. The van der Waals surface area contributed by atoms with Crippen LogP contribution in [0.15, 0.2) is 0 Å². The summed E-state index contributed by atoms with van der Waals surface area (Å²) in [6, 6.07) is 0. The average molecular weight is 1350 g/mol. The van der Waals surface area contributed by atoms with Gasteiger partial charge in [-0.3, -0.25) is 24.0 Å². The lowest BCUT2D eigenvalue weighted by Gasteiger charge is -2.16. The molecule has 0 radical (unpaired) electrons. The van der Waals surface area contributed by atoms with Gasteiger partial charge in [-0.05, 0) is 145 Å². The summed E-state index contributed by atoms with van der Waals surface area (Å²) in [6.45, 7) is 92.9. The van der Waals surface area contributed by atoms with Crippen LogP contribution in [-0.4, -0.2) is 40.1 Å². The summed E-state index contributed by atoms with van der Waals surface area (Å²) in [4.78, 5) is 55.3. The van der Waals surface area contributed by atoms with Gasteiger partial charge in [-0.25, -0.2) is 0 Å². The molecule has 0 saturated heterocycles. The number of hydrogen-bond donors (Lipinski definition) is 1. The molecule has 0 aliphatic heterocycles. The first-order valence-electron chi connectivity index (χ1n) is 40.3. The average Bonchev–Trinajstić information content (AvgIpc) is 3.64. The molecule has 6 heteroatoms. The quantitative estimate of drug-likeness (QED) is 0.0670. The molecule has 3 atom stereocenters. The molecule has 0 saturated carbocycles. The number of carbonyl (C=O) groups excluding carboxylic acids is 5. The summed E-state index contributed by atoms with van der Waals surface area (Å²) in [7, 11) is 0. The van der Waals surface area contributed by atoms with E-state index in [1.807, 2.05) is 69.2 Å². The Kier molecular flexibility index (Phi) is 88.7. The van der Waals surface area contributed by atoms with E-state index in [0.29, 0.717) is 70.3 Å². The van der Waals surface area contributed by atoms with Gasteiger partial charge < -0.3 is 5.11 Å². The highest BCUT2D eigenvalue weighted by molar-refractivity contribution is 5.81. The van der Waals surface area contributed by atoms with Gasteiger partial charge in [0.25, 0.3) is 0 Å². The minimum Gasteiger partial charge on any atom is -0.393 e. The molecule has 0 spiro atoms. The molecular weight excluding hydrogens is 1160 g/mol. The lowest BCUT2D eigenvalue weighted by Crippen LogP contribution is -2.14. The van der Waals surface area contributed by atoms with Crippen molar-refractivity contribution < 1.29 is 29.1 Å². The maximum Gasteiger partial charge on any atom is 0.135 e. The van der Waals surface area contributed by atoms with Crippen LogP contribution in [-0.2, 0) is 24.0 Å².